The van der Waals surface area contributed by atoms with Crippen LogP contribution in [0.25, 0.3) is 0 Å². The van der Waals surface area contributed by atoms with E-state index < -0.39 is 0 Å². The fourth-order valence-electron chi connectivity index (χ4n) is 1.54. The van der Waals surface area contributed by atoms with Crippen molar-refractivity contribution in [1.29, 1.82) is 0 Å². The first kappa shape index (κ1) is 11.9. The van der Waals surface area contributed by atoms with Gasteiger partial charge in [-0.15, -0.1) is 0 Å². The second-order valence-corrected chi connectivity index (χ2v) is 4.40. The minimum absolute atomic E-state index is 0.0380. The molecule has 0 radical (unpaired) electrons. The van der Waals surface area contributed by atoms with E-state index in [0.29, 0.717) is 29.6 Å². The Morgan fingerprint density at radius 3 is 2.88 bits per heavy atom. The van der Waals surface area contributed by atoms with E-state index in [9.17, 15) is 4.79 Å². The largest absolute Gasteiger partial charge is 0.454 e. The Labute approximate surface area is 100 Å². The maximum atomic E-state index is 11.8. The number of carbonyl (C=O) groups excluding carboxylic acids is 1. The van der Waals surface area contributed by atoms with Gasteiger partial charge in [0, 0.05) is 12.2 Å². The standard InChI is InChI=1S/C13H16O4/c1-9(2)6-15-7-11(14)10-3-4-12-13(5-10)17-8-16-12/h3-5,9H,6-8H2,1-2H3. The molecule has 1 aliphatic heterocycles. The number of ether oxygens (including phenoxy) is 3. The lowest BCUT2D eigenvalue weighted by atomic mass is 10.1. The van der Waals surface area contributed by atoms with Crippen molar-refractivity contribution in [1.82, 2.24) is 0 Å². The molecule has 0 unspecified atom stereocenters. The molecule has 4 heteroatoms. The molecule has 0 bridgehead atoms. The molecule has 1 aromatic rings. The Morgan fingerprint density at radius 1 is 1.35 bits per heavy atom. The van der Waals surface area contributed by atoms with Gasteiger partial charge in [-0.25, -0.2) is 0 Å². The SMILES string of the molecule is CC(C)COCC(=O)c1ccc2c(c1)OCO2. The predicted octanol–water partition coefficient (Wildman–Crippen LogP) is 2.27. The van der Waals surface area contributed by atoms with Gasteiger partial charge in [0.15, 0.2) is 17.3 Å². The molecule has 0 N–H and O–H groups in total. The first-order chi connectivity index (χ1) is 8.16. The number of fused-ring (bicyclic) bond motifs is 1. The van der Waals surface area contributed by atoms with Crippen molar-refractivity contribution in [3.8, 4) is 11.5 Å². The molecule has 0 saturated carbocycles. The van der Waals surface area contributed by atoms with Crippen LogP contribution < -0.4 is 9.47 Å². The van der Waals surface area contributed by atoms with E-state index in [2.05, 4.69) is 0 Å². The van der Waals surface area contributed by atoms with Crippen molar-refractivity contribution >= 4 is 5.78 Å². The van der Waals surface area contributed by atoms with Gasteiger partial charge >= 0.3 is 0 Å². The number of benzene rings is 1. The van der Waals surface area contributed by atoms with E-state index in [-0.39, 0.29) is 19.2 Å². The number of ketones is 1. The minimum atomic E-state index is -0.0380. The average Bonchev–Trinajstić information content (AvgIpc) is 2.75. The molecule has 0 spiro atoms. The number of rotatable bonds is 5. The van der Waals surface area contributed by atoms with E-state index >= 15 is 0 Å². The van der Waals surface area contributed by atoms with Gasteiger partial charge in [0.25, 0.3) is 0 Å². The number of hydrogen-bond acceptors (Lipinski definition) is 4. The smallest absolute Gasteiger partial charge is 0.231 e. The Hall–Kier alpha value is -1.55. The lowest BCUT2D eigenvalue weighted by Gasteiger charge is -2.06. The van der Waals surface area contributed by atoms with E-state index in [0.717, 1.165) is 0 Å². The third-order valence-electron chi connectivity index (χ3n) is 2.38. The summed E-state index contributed by atoms with van der Waals surface area (Å²) in [6.07, 6.45) is 0. The number of carbonyl (C=O) groups is 1. The second-order valence-electron chi connectivity index (χ2n) is 4.40. The monoisotopic (exact) mass is 236 g/mol. The zero-order valence-corrected chi connectivity index (χ0v) is 10.1. The highest BCUT2D eigenvalue weighted by atomic mass is 16.7. The quantitative estimate of drug-likeness (QED) is 0.736. The maximum Gasteiger partial charge on any atom is 0.231 e. The Kier molecular flexibility index (Phi) is 3.64. The molecule has 92 valence electrons. The molecular formula is C13H16O4. The van der Waals surface area contributed by atoms with Gasteiger partial charge in [-0.2, -0.15) is 0 Å². The van der Waals surface area contributed by atoms with Crippen molar-refractivity contribution in [2.75, 3.05) is 20.0 Å². The molecule has 2 rings (SSSR count). The minimum Gasteiger partial charge on any atom is -0.454 e. The Balaban J connectivity index is 1.95. The first-order valence-electron chi connectivity index (χ1n) is 5.67. The van der Waals surface area contributed by atoms with E-state index in [1.165, 1.54) is 0 Å². The van der Waals surface area contributed by atoms with Gasteiger partial charge in [0.05, 0.1) is 0 Å². The highest BCUT2D eigenvalue weighted by Gasteiger charge is 2.16. The number of hydrogen-bond donors (Lipinski definition) is 0. The average molecular weight is 236 g/mol. The molecule has 0 amide bonds. The summed E-state index contributed by atoms with van der Waals surface area (Å²) in [4.78, 5) is 11.8. The van der Waals surface area contributed by atoms with Crippen LogP contribution in [0.2, 0.25) is 0 Å². The van der Waals surface area contributed by atoms with Gasteiger partial charge < -0.3 is 14.2 Å². The third kappa shape index (κ3) is 2.97. The van der Waals surface area contributed by atoms with E-state index in [1.807, 2.05) is 13.8 Å². The summed E-state index contributed by atoms with van der Waals surface area (Å²) >= 11 is 0. The molecule has 1 aromatic carbocycles. The Morgan fingerprint density at radius 2 is 2.12 bits per heavy atom. The van der Waals surface area contributed by atoms with Gasteiger partial charge in [-0.1, -0.05) is 13.8 Å². The van der Waals surface area contributed by atoms with Crippen molar-refractivity contribution in [2.24, 2.45) is 5.92 Å². The molecule has 0 aromatic heterocycles. The predicted molar refractivity (Wildman–Crippen MR) is 62.6 cm³/mol. The topological polar surface area (TPSA) is 44.8 Å². The zero-order valence-electron chi connectivity index (χ0n) is 10.1. The van der Waals surface area contributed by atoms with Gasteiger partial charge in [0.1, 0.15) is 6.61 Å². The van der Waals surface area contributed by atoms with Gasteiger partial charge in [0.2, 0.25) is 6.79 Å². The van der Waals surface area contributed by atoms with E-state index in [1.54, 1.807) is 18.2 Å². The van der Waals surface area contributed by atoms with Crippen molar-refractivity contribution < 1.29 is 19.0 Å². The van der Waals surface area contributed by atoms with Crippen LogP contribution >= 0.6 is 0 Å². The Bertz CT molecular complexity index is 412. The van der Waals surface area contributed by atoms with Gasteiger partial charge in [-0.05, 0) is 24.1 Å². The normalized spacial score (nSPS) is 13.1. The lowest BCUT2D eigenvalue weighted by molar-refractivity contribution is 0.0705. The molecule has 17 heavy (non-hydrogen) atoms. The summed E-state index contributed by atoms with van der Waals surface area (Å²) in [6, 6.07) is 5.18. The van der Waals surface area contributed by atoms with Crippen LogP contribution in [0, 0.1) is 5.92 Å². The highest BCUT2D eigenvalue weighted by molar-refractivity contribution is 5.97. The summed E-state index contributed by atoms with van der Waals surface area (Å²) in [7, 11) is 0. The second kappa shape index (κ2) is 5.19. The van der Waals surface area contributed by atoms with Crippen molar-refractivity contribution in [3.63, 3.8) is 0 Å². The molecule has 0 saturated heterocycles. The maximum absolute atomic E-state index is 11.8. The summed E-state index contributed by atoms with van der Waals surface area (Å²) in [6.45, 7) is 5.01. The summed E-state index contributed by atoms with van der Waals surface area (Å²) in [5.74, 6) is 1.70. The fourth-order valence-corrected chi connectivity index (χ4v) is 1.54. The molecule has 0 aliphatic carbocycles. The van der Waals surface area contributed by atoms with Crippen LogP contribution in [0.4, 0.5) is 0 Å². The van der Waals surface area contributed by atoms with Crippen LogP contribution in [-0.4, -0.2) is 25.8 Å². The fraction of sp³-hybridized carbons (Fsp3) is 0.462. The number of Topliss-reactive ketones (excluding diaryl/α,β-unsaturated/α-hetero) is 1. The molecule has 4 nitrogen and oxygen atoms in total. The summed E-state index contributed by atoms with van der Waals surface area (Å²) < 4.78 is 15.7. The molecular weight excluding hydrogens is 220 g/mol. The molecule has 1 aliphatic rings. The summed E-state index contributed by atoms with van der Waals surface area (Å²) in [5, 5.41) is 0. The lowest BCUT2D eigenvalue weighted by Crippen LogP contribution is -2.12. The molecule has 0 atom stereocenters. The van der Waals surface area contributed by atoms with Crippen LogP contribution in [0.3, 0.4) is 0 Å². The van der Waals surface area contributed by atoms with Crippen molar-refractivity contribution in [2.45, 2.75) is 13.8 Å². The molecule has 0 fully saturated rings. The third-order valence-corrected chi connectivity index (χ3v) is 2.38. The molecule has 1 heterocycles. The summed E-state index contributed by atoms with van der Waals surface area (Å²) in [5.41, 5.74) is 0.595. The first-order valence-corrected chi connectivity index (χ1v) is 5.67. The van der Waals surface area contributed by atoms with Crippen molar-refractivity contribution in [3.05, 3.63) is 23.8 Å². The van der Waals surface area contributed by atoms with Crippen LogP contribution in [0.1, 0.15) is 24.2 Å². The zero-order chi connectivity index (χ0) is 12.3. The van der Waals surface area contributed by atoms with Crippen LogP contribution in [-0.2, 0) is 4.74 Å². The van der Waals surface area contributed by atoms with Crippen LogP contribution in [0.15, 0.2) is 18.2 Å². The highest BCUT2D eigenvalue weighted by Crippen LogP contribution is 2.32. The van der Waals surface area contributed by atoms with Gasteiger partial charge in [-0.3, -0.25) is 4.79 Å². The van der Waals surface area contributed by atoms with Crippen LogP contribution in [0.5, 0.6) is 11.5 Å². The van der Waals surface area contributed by atoms with E-state index in [4.69, 9.17) is 14.2 Å².